The molecule has 0 bridgehead atoms. The van der Waals surface area contributed by atoms with E-state index >= 15 is 0 Å². The maximum absolute atomic E-state index is 12.3. The van der Waals surface area contributed by atoms with Gasteiger partial charge in [-0.2, -0.15) is 0 Å². The Morgan fingerprint density at radius 3 is 2.35 bits per heavy atom. The van der Waals surface area contributed by atoms with E-state index in [2.05, 4.69) is 5.32 Å². The minimum absolute atomic E-state index is 0.121. The average molecular weight is 372 g/mol. The lowest BCUT2D eigenvalue weighted by atomic mass is 10.2. The van der Waals surface area contributed by atoms with Gasteiger partial charge >= 0.3 is 0 Å². The molecule has 2 aromatic rings. The molecule has 0 atom stereocenters. The zero-order valence-electron chi connectivity index (χ0n) is 12.1. The number of nitrogens with zero attached hydrogens (tertiary/aromatic N) is 1. The van der Waals surface area contributed by atoms with E-state index in [0.717, 1.165) is 0 Å². The van der Waals surface area contributed by atoms with E-state index in [4.69, 9.17) is 34.8 Å². The van der Waals surface area contributed by atoms with Gasteiger partial charge in [0.2, 0.25) is 5.91 Å². The molecule has 1 N–H and O–H groups in total. The van der Waals surface area contributed by atoms with Gasteiger partial charge in [-0.15, -0.1) is 0 Å². The van der Waals surface area contributed by atoms with E-state index in [1.165, 1.54) is 24.1 Å². The second-order valence-corrected chi connectivity index (χ2v) is 6.04. The van der Waals surface area contributed by atoms with E-state index in [1.54, 1.807) is 30.3 Å². The molecule has 23 heavy (non-hydrogen) atoms. The van der Waals surface area contributed by atoms with E-state index < -0.39 is 0 Å². The number of halogens is 3. The third-order valence-corrected chi connectivity index (χ3v) is 4.11. The van der Waals surface area contributed by atoms with Gasteiger partial charge in [0.1, 0.15) is 0 Å². The normalized spacial score (nSPS) is 10.3. The zero-order chi connectivity index (χ0) is 17.0. The number of hydrogen-bond donors (Lipinski definition) is 1. The predicted molar refractivity (Wildman–Crippen MR) is 93.5 cm³/mol. The monoisotopic (exact) mass is 370 g/mol. The molecule has 2 rings (SSSR count). The van der Waals surface area contributed by atoms with Crippen molar-refractivity contribution in [1.82, 2.24) is 4.90 Å². The fraction of sp³-hybridized carbons (Fsp3) is 0.125. The van der Waals surface area contributed by atoms with Gasteiger partial charge in [0.05, 0.1) is 27.3 Å². The van der Waals surface area contributed by atoms with Crippen LogP contribution in [-0.2, 0) is 4.79 Å². The Balaban J connectivity index is 2.01. The Morgan fingerprint density at radius 2 is 1.70 bits per heavy atom. The standard InChI is InChI=1S/C16H13Cl3N2O2/c1-21(16(23)10-6-7-11(17)13(19)8-10)9-15(22)20-14-5-3-2-4-12(14)18/h2-8H,9H2,1H3,(H,20,22). The minimum Gasteiger partial charge on any atom is -0.332 e. The van der Waals surface area contributed by atoms with Crippen LogP contribution in [-0.4, -0.2) is 30.3 Å². The molecule has 4 nitrogen and oxygen atoms in total. The summed E-state index contributed by atoms with van der Waals surface area (Å²) in [5.41, 5.74) is 0.849. The van der Waals surface area contributed by atoms with Crippen LogP contribution in [0.2, 0.25) is 15.1 Å². The third kappa shape index (κ3) is 4.61. The van der Waals surface area contributed by atoms with Gasteiger partial charge in [-0.3, -0.25) is 9.59 Å². The third-order valence-electron chi connectivity index (χ3n) is 3.04. The summed E-state index contributed by atoms with van der Waals surface area (Å²) in [5.74, 6) is -0.688. The fourth-order valence-corrected chi connectivity index (χ4v) is 2.37. The summed E-state index contributed by atoms with van der Waals surface area (Å²) >= 11 is 17.7. The van der Waals surface area contributed by atoms with Gasteiger partial charge in [0.15, 0.2) is 0 Å². The van der Waals surface area contributed by atoms with Crippen molar-refractivity contribution in [2.45, 2.75) is 0 Å². The summed E-state index contributed by atoms with van der Waals surface area (Å²) < 4.78 is 0. The minimum atomic E-state index is -0.353. The van der Waals surface area contributed by atoms with E-state index in [0.29, 0.717) is 21.3 Å². The summed E-state index contributed by atoms with van der Waals surface area (Å²) in [5, 5.41) is 3.73. The highest BCUT2D eigenvalue weighted by Crippen LogP contribution is 2.23. The molecule has 0 aliphatic heterocycles. The topological polar surface area (TPSA) is 49.4 Å². The first-order chi connectivity index (χ1) is 10.9. The Labute approximate surface area is 148 Å². The number of nitrogens with one attached hydrogen (secondary N) is 1. The van der Waals surface area contributed by atoms with Crippen LogP contribution >= 0.6 is 34.8 Å². The van der Waals surface area contributed by atoms with Gasteiger partial charge < -0.3 is 10.2 Å². The van der Waals surface area contributed by atoms with Crippen molar-refractivity contribution < 1.29 is 9.59 Å². The summed E-state index contributed by atoms with van der Waals surface area (Å²) in [6.07, 6.45) is 0. The number of hydrogen-bond acceptors (Lipinski definition) is 2. The van der Waals surface area contributed by atoms with Crippen LogP contribution in [0.1, 0.15) is 10.4 Å². The number of para-hydroxylation sites is 1. The van der Waals surface area contributed by atoms with Crippen LogP contribution in [0, 0.1) is 0 Å². The van der Waals surface area contributed by atoms with Crippen molar-refractivity contribution in [1.29, 1.82) is 0 Å². The largest absolute Gasteiger partial charge is 0.332 e. The van der Waals surface area contributed by atoms with Crippen LogP contribution in [0.15, 0.2) is 42.5 Å². The van der Waals surface area contributed by atoms with Crippen molar-refractivity contribution in [3.8, 4) is 0 Å². The van der Waals surface area contributed by atoms with Gasteiger partial charge in [-0.1, -0.05) is 46.9 Å². The molecule has 0 spiro atoms. The number of benzene rings is 2. The number of rotatable bonds is 4. The molecule has 0 aromatic heterocycles. The lowest BCUT2D eigenvalue weighted by Crippen LogP contribution is -2.35. The molecule has 7 heteroatoms. The molecule has 2 aromatic carbocycles. The number of amides is 2. The van der Waals surface area contributed by atoms with Crippen LogP contribution in [0.5, 0.6) is 0 Å². The van der Waals surface area contributed by atoms with Crippen LogP contribution < -0.4 is 5.32 Å². The van der Waals surface area contributed by atoms with Crippen molar-refractivity contribution in [2.24, 2.45) is 0 Å². The Bertz CT molecular complexity index is 750. The van der Waals surface area contributed by atoms with Crippen molar-refractivity contribution in [3.05, 3.63) is 63.1 Å². The quantitative estimate of drug-likeness (QED) is 0.868. The maximum Gasteiger partial charge on any atom is 0.254 e. The first-order valence-electron chi connectivity index (χ1n) is 6.63. The van der Waals surface area contributed by atoms with Crippen molar-refractivity contribution in [3.63, 3.8) is 0 Å². The summed E-state index contributed by atoms with van der Waals surface area (Å²) in [6.45, 7) is -0.121. The van der Waals surface area contributed by atoms with Crippen molar-refractivity contribution >= 4 is 52.3 Å². The van der Waals surface area contributed by atoms with E-state index in [-0.39, 0.29) is 23.4 Å². The Hall–Kier alpha value is -1.75. The maximum atomic E-state index is 12.3. The van der Waals surface area contributed by atoms with Crippen LogP contribution in [0.4, 0.5) is 5.69 Å². The molecular weight excluding hydrogens is 359 g/mol. The SMILES string of the molecule is CN(CC(=O)Nc1ccccc1Cl)C(=O)c1ccc(Cl)c(Cl)c1. The van der Waals surface area contributed by atoms with Gasteiger partial charge in [-0.25, -0.2) is 0 Å². The first-order valence-corrected chi connectivity index (χ1v) is 7.77. The second kappa shape index (κ2) is 7.68. The number of carbonyl (C=O) groups is 2. The molecule has 0 heterocycles. The van der Waals surface area contributed by atoms with Gasteiger partial charge in [0, 0.05) is 12.6 Å². The molecule has 0 saturated heterocycles. The molecule has 0 saturated carbocycles. The smallest absolute Gasteiger partial charge is 0.254 e. The molecule has 0 unspecified atom stereocenters. The molecule has 0 radical (unpaired) electrons. The van der Waals surface area contributed by atoms with Gasteiger partial charge in [0.25, 0.3) is 5.91 Å². The first kappa shape index (κ1) is 17.6. The van der Waals surface area contributed by atoms with Gasteiger partial charge in [-0.05, 0) is 30.3 Å². The summed E-state index contributed by atoms with van der Waals surface area (Å²) in [4.78, 5) is 25.6. The lowest BCUT2D eigenvalue weighted by molar-refractivity contribution is -0.116. The zero-order valence-corrected chi connectivity index (χ0v) is 14.4. The molecule has 0 aliphatic carbocycles. The van der Waals surface area contributed by atoms with E-state index in [9.17, 15) is 9.59 Å². The highest BCUT2D eigenvalue weighted by atomic mass is 35.5. The molecule has 0 aliphatic rings. The molecular formula is C16H13Cl3N2O2. The highest BCUT2D eigenvalue weighted by molar-refractivity contribution is 6.42. The molecule has 120 valence electrons. The Kier molecular flexibility index (Phi) is 5.88. The predicted octanol–water partition coefficient (Wildman–Crippen LogP) is 4.36. The second-order valence-electron chi connectivity index (χ2n) is 4.82. The molecule has 2 amide bonds. The Morgan fingerprint density at radius 1 is 1.00 bits per heavy atom. The van der Waals surface area contributed by atoms with Crippen LogP contribution in [0.25, 0.3) is 0 Å². The number of anilines is 1. The molecule has 0 fully saturated rings. The average Bonchev–Trinajstić information content (AvgIpc) is 2.51. The van der Waals surface area contributed by atoms with Crippen LogP contribution in [0.3, 0.4) is 0 Å². The summed E-state index contributed by atoms with van der Waals surface area (Å²) in [6, 6.07) is 11.4. The number of likely N-dealkylation sites (N-methyl/N-ethyl adjacent to an activating group) is 1. The summed E-state index contributed by atoms with van der Waals surface area (Å²) in [7, 11) is 1.52. The lowest BCUT2D eigenvalue weighted by Gasteiger charge is -2.17. The number of carbonyl (C=O) groups excluding carboxylic acids is 2. The van der Waals surface area contributed by atoms with E-state index in [1.807, 2.05) is 0 Å². The fourth-order valence-electron chi connectivity index (χ4n) is 1.89. The van der Waals surface area contributed by atoms with Crippen molar-refractivity contribution in [2.75, 3.05) is 18.9 Å². The highest BCUT2D eigenvalue weighted by Gasteiger charge is 2.16.